The average molecular weight is 343 g/mol. The van der Waals surface area contributed by atoms with Crippen LogP contribution in [0.1, 0.15) is 11.1 Å². The van der Waals surface area contributed by atoms with E-state index in [0.717, 1.165) is 11.3 Å². The number of pyridine rings is 2. The molecule has 3 aromatic rings. The molecule has 26 heavy (non-hydrogen) atoms. The molecular weight excluding hydrogens is 326 g/mol. The lowest BCUT2D eigenvalue weighted by Crippen LogP contribution is -2.30. The van der Waals surface area contributed by atoms with Gasteiger partial charge in [-0.1, -0.05) is 24.3 Å². The van der Waals surface area contributed by atoms with Gasteiger partial charge in [-0.2, -0.15) is 0 Å². The highest BCUT2D eigenvalue weighted by atomic mass is 16.3. The second-order valence-electron chi connectivity index (χ2n) is 6.08. The Balaban J connectivity index is 1.74. The van der Waals surface area contributed by atoms with E-state index in [0.29, 0.717) is 17.0 Å². The molecule has 5 nitrogen and oxygen atoms in total. The molecule has 5 heteroatoms. The predicted molar refractivity (Wildman–Crippen MR) is 100 cm³/mol. The van der Waals surface area contributed by atoms with Crippen molar-refractivity contribution in [3.05, 3.63) is 89.9 Å². The summed E-state index contributed by atoms with van der Waals surface area (Å²) in [7, 11) is 0. The zero-order valence-corrected chi connectivity index (χ0v) is 14.0. The summed E-state index contributed by atoms with van der Waals surface area (Å²) in [5, 5.41) is 10.7. The van der Waals surface area contributed by atoms with Gasteiger partial charge in [-0.15, -0.1) is 0 Å². The lowest BCUT2D eigenvalue weighted by atomic mass is 9.96. The summed E-state index contributed by atoms with van der Waals surface area (Å²) in [5.74, 6) is 0.536. The maximum Gasteiger partial charge on any atom is 0.168 e. The zero-order chi connectivity index (χ0) is 17.9. The fourth-order valence-corrected chi connectivity index (χ4v) is 3.10. The number of fused-ring (bicyclic) bond motifs is 1. The van der Waals surface area contributed by atoms with Crippen molar-refractivity contribution in [2.24, 2.45) is 0 Å². The number of aliphatic hydroxyl groups is 1. The Morgan fingerprint density at radius 1 is 1.04 bits per heavy atom. The van der Waals surface area contributed by atoms with E-state index in [1.165, 1.54) is 0 Å². The first kappa shape index (κ1) is 16.0. The van der Waals surface area contributed by atoms with Crippen LogP contribution in [0.5, 0.6) is 0 Å². The minimum Gasteiger partial charge on any atom is -0.507 e. The number of aromatic nitrogens is 2. The molecule has 0 spiro atoms. The molecule has 0 atom stereocenters. The summed E-state index contributed by atoms with van der Waals surface area (Å²) in [6.07, 6.45) is 5.23. The van der Waals surface area contributed by atoms with Crippen LogP contribution < -0.4 is 4.90 Å². The molecule has 0 aliphatic carbocycles. The Bertz CT molecular complexity index is 969. The topological polar surface area (TPSA) is 66.3 Å². The number of para-hydroxylation sites is 1. The number of Topliss-reactive ketones (excluding diaryl/α,β-unsaturated/α-hetero) is 1. The van der Waals surface area contributed by atoms with E-state index in [2.05, 4.69) is 9.97 Å². The smallest absolute Gasteiger partial charge is 0.168 e. The molecule has 0 amide bonds. The van der Waals surface area contributed by atoms with E-state index in [-0.39, 0.29) is 24.5 Å². The van der Waals surface area contributed by atoms with Gasteiger partial charge in [0.15, 0.2) is 5.78 Å². The van der Waals surface area contributed by atoms with Gasteiger partial charge in [-0.25, -0.2) is 4.98 Å². The van der Waals surface area contributed by atoms with Crippen molar-refractivity contribution < 1.29 is 9.90 Å². The van der Waals surface area contributed by atoms with E-state index in [1.807, 2.05) is 41.3 Å². The van der Waals surface area contributed by atoms with Gasteiger partial charge in [0.05, 0.1) is 17.7 Å². The molecule has 1 aromatic carbocycles. The zero-order valence-electron chi connectivity index (χ0n) is 14.0. The highest BCUT2D eigenvalue weighted by Crippen LogP contribution is 2.36. The van der Waals surface area contributed by atoms with Crippen molar-refractivity contribution >= 4 is 23.0 Å². The van der Waals surface area contributed by atoms with Crippen molar-refractivity contribution in [3.63, 3.8) is 0 Å². The van der Waals surface area contributed by atoms with E-state index in [1.54, 1.807) is 36.8 Å². The lowest BCUT2D eigenvalue weighted by molar-refractivity contribution is -0.115. The number of nitrogens with zero attached hydrogens (tertiary/aromatic N) is 3. The number of aliphatic hydroxyl groups excluding tert-OH is 1. The van der Waals surface area contributed by atoms with Crippen molar-refractivity contribution in [3.8, 4) is 0 Å². The minimum absolute atomic E-state index is 0.00849. The highest BCUT2D eigenvalue weighted by Gasteiger charge is 2.29. The Morgan fingerprint density at radius 3 is 2.62 bits per heavy atom. The third-order valence-electron chi connectivity index (χ3n) is 4.39. The fraction of sp³-hybridized carbons (Fsp3) is 0.0952. The summed E-state index contributed by atoms with van der Waals surface area (Å²) < 4.78 is 0. The molecule has 0 fully saturated rings. The van der Waals surface area contributed by atoms with Gasteiger partial charge in [0.2, 0.25) is 0 Å². The van der Waals surface area contributed by atoms with Crippen molar-refractivity contribution in [1.82, 2.24) is 9.97 Å². The largest absolute Gasteiger partial charge is 0.507 e. The van der Waals surface area contributed by atoms with Crippen molar-refractivity contribution in [2.75, 3.05) is 11.4 Å². The van der Waals surface area contributed by atoms with Crippen LogP contribution in [0, 0.1) is 0 Å². The summed E-state index contributed by atoms with van der Waals surface area (Å²) in [5.41, 5.74) is 2.70. The Morgan fingerprint density at radius 2 is 1.85 bits per heavy atom. The van der Waals surface area contributed by atoms with E-state index in [9.17, 15) is 9.90 Å². The summed E-state index contributed by atoms with van der Waals surface area (Å²) >= 11 is 0. The van der Waals surface area contributed by atoms with Crippen LogP contribution in [0.15, 0.2) is 78.8 Å². The van der Waals surface area contributed by atoms with E-state index < -0.39 is 0 Å². The van der Waals surface area contributed by atoms with Crippen LogP contribution in [0.4, 0.5) is 11.5 Å². The third-order valence-corrected chi connectivity index (χ3v) is 4.39. The molecular formula is C21H17N3O2. The van der Waals surface area contributed by atoms with Gasteiger partial charge in [0.25, 0.3) is 0 Å². The molecule has 1 N–H and O–H groups in total. The van der Waals surface area contributed by atoms with Crippen LogP contribution in [0.3, 0.4) is 0 Å². The van der Waals surface area contributed by atoms with Gasteiger partial charge in [-0.05, 0) is 35.9 Å². The third kappa shape index (κ3) is 2.95. The van der Waals surface area contributed by atoms with Crippen LogP contribution >= 0.6 is 0 Å². The summed E-state index contributed by atoms with van der Waals surface area (Å²) in [4.78, 5) is 23.3. The second-order valence-corrected chi connectivity index (χ2v) is 6.08. The Hall–Kier alpha value is -3.47. The Kier molecular flexibility index (Phi) is 4.19. The van der Waals surface area contributed by atoms with Gasteiger partial charge >= 0.3 is 0 Å². The molecule has 0 radical (unpaired) electrons. The molecule has 2 aromatic heterocycles. The molecule has 0 bridgehead atoms. The summed E-state index contributed by atoms with van der Waals surface area (Å²) in [6.45, 7) is 0.277. The quantitative estimate of drug-likeness (QED) is 0.782. The van der Waals surface area contributed by atoms with Gasteiger partial charge < -0.3 is 10.0 Å². The first-order valence-electron chi connectivity index (χ1n) is 8.36. The lowest BCUT2D eigenvalue weighted by Gasteiger charge is -2.31. The molecule has 4 rings (SSSR count). The highest BCUT2D eigenvalue weighted by molar-refractivity contribution is 6.05. The summed E-state index contributed by atoms with van der Waals surface area (Å²) in [6, 6.07) is 16.9. The Labute approximate surface area is 151 Å². The SMILES string of the molecule is O=C(Cc1cccnc1)C1=C(O)c2cccnc2N(c2ccccc2)C1. The number of carbonyl (C=O) groups excluding carboxylic acids is 1. The monoisotopic (exact) mass is 343 g/mol. The van der Waals surface area contributed by atoms with Crippen LogP contribution in [-0.2, 0) is 11.2 Å². The molecule has 1 aliphatic rings. The number of rotatable bonds is 4. The number of hydrogen-bond acceptors (Lipinski definition) is 5. The van der Waals surface area contributed by atoms with Crippen LogP contribution in [0.2, 0.25) is 0 Å². The van der Waals surface area contributed by atoms with Gasteiger partial charge in [-0.3, -0.25) is 9.78 Å². The molecule has 3 heterocycles. The molecule has 0 saturated carbocycles. The minimum atomic E-state index is -0.120. The fourth-order valence-electron chi connectivity index (χ4n) is 3.10. The maximum absolute atomic E-state index is 12.9. The number of benzene rings is 1. The van der Waals surface area contributed by atoms with Crippen molar-refractivity contribution in [2.45, 2.75) is 6.42 Å². The van der Waals surface area contributed by atoms with Crippen LogP contribution in [-0.4, -0.2) is 27.4 Å². The van der Waals surface area contributed by atoms with E-state index >= 15 is 0 Å². The molecule has 0 saturated heterocycles. The first-order valence-corrected chi connectivity index (χ1v) is 8.36. The first-order chi connectivity index (χ1) is 12.7. The maximum atomic E-state index is 12.9. The number of ketones is 1. The van der Waals surface area contributed by atoms with Gasteiger partial charge in [0.1, 0.15) is 11.6 Å². The van der Waals surface area contributed by atoms with Gasteiger partial charge in [0, 0.05) is 30.7 Å². The molecule has 1 aliphatic heterocycles. The van der Waals surface area contributed by atoms with Crippen molar-refractivity contribution in [1.29, 1.82) is 0 Å². The second kappa shape index (κ2) is 6.80. The van der Waals surface area contributed by atoms with E-state index in [4.69, 9.17) is 0 Å². The average Bonchev–Trinajstić information content (AvgIpc) is 2.70. The number of anilines is 2. The predicted octanol–water partition coefficient (Wildman–Crippen LogP) is 3.71. The van der Waals surface area contributed by atoms with Crippen LogP contribution in [0.25, 0.3) is 5.76 Å². The standard InChI is InChI=1S/C21H17N3O2/c25-19(12-15-6-4-10-22-13-15)18-14-24(16-7-2-1-3-8-16)21-17(20(18)26)9-5-11-23-21/h1-11,13,26H,12,14H2. The molecule has 128 valence electrons. The number of hydrogen-bond donors (Lipinski definition) is 1. The molecule has 0 unspecified atom stereocenters. The number of carbonyl (C=O) groups is 1. The normalized spacial score (nSPS) is 13.5.